The van der Waals surface area contributed by atoms with E-state index >= 15 is 0 Å². The molecule has 1 aliphatic carbocycles. The minimum atomic E-state index is -4.44. The van der Waals surface area contributed by atoms with E-state index in [4.69, 9.17) is 4.74 Å². The number of pyridine rings is 1. The molecule has 5 nitrogen and oxygen atoms in total. The topological polar surface area (TPSA) is 63.2 Å². The number of carbonyl (C=O) groups is 1. The van der Waals surface area contributed by atoms with Gasteiger partial charge in [0.1, 0.15) is 5.82 Å². The summed E-state index contributed by atoms with van der Waals surface area (Å²) >= 11 is 0. The smallest absolute Gasteiger partial charge is 0.376 e. The third kappa shape index (κ3) is 5.67. The van der Waals surface area contributed by atoms with Gasteiger partial charge in [0, 0.05) is 12.7 Å². The Balaban J connectivity index is 1.68. The number of alkyl halides is 3. The number of rotatable bonds is 5. The van der Waals surface area contributed by atoms with Crippen molar-refractivity contribution in [2.75, 3.05) is 18.5 Å². The molecule has 24 heavy (non-hydrogen) atoms. The number of nitrogens with zero attached hydrogens (tertiary/aromatic N) is 1. The number of halogens is 3. The molecule has 2 N–H and O–H groups in total. The maximum atomic E-state index is 12.4. The zero-order valence-electron chi connectivity index (χ0n) is 13.5. The zero-order valence-corrected chi connectivity index (χ0v) is 13.5. The number of amides is 2. The van der Waals surface area contributed by atoms with Crippen LogP contribution in [-0.2, 0) is 10.9 Å². The Morgan fingerprint density at radius 1 is 1.33 bits per heavy atom. The molecule has 1 fully saturated rings. The van der Waals surface area contributed by atoms with Crippen molar-refractivity contribution < 1.29 is 22.7 Å². The Morgan fingerprint density at radius 2 is 2.08 bits per heavy atom. The molecule has 0 bridgehead atoms. The van der Waals surface area contributed by atoms with Crippen molar-refractivity contribution >= 4 is 11.8 Å². The predicted octanol–water partition coefficient (Wildman–Crippen LogP) is 3.82. The molecule has 1 saturated carbocycles. The molecule has 0 aromatic carbocycles. The van der Waals surface area contributed by atoms with Crippen LogP contribution in [0.4, 0.5) is 23.8 Å². The van der Waals surface area contributed by atoms with Crippen molar-refractivity contribution in [2.24, 2.45) is 5.92 Å². The zero-order chi connectivity index (χ0) is 17.6. The summed E-state index contributed by atoms with van der Waals surface area (Å²) < 4.78 is 43.0. The fraction of sp³-hybridized carbons (Fsp3) is 0.625. The molecule has 0 unspecified atom stereocenters. The van der Waals surface area contributed by atoms with Crippen molar-refractivity contribution in [3.05, 3.63) is 23.9 Å². The molecule has 1 aromatic rings. The summed E-state index contributed by atoms with van der Waals surface area (Å²) in [5.41, 5.74) is -0.858. The molecule has 2 rings (SSSR count). The summed E-state index contributed by atoms with van der Waals surface area (Å²) in [7, 11) is 0. The molecule has 0 saturated heterocycles. The lowest BCUT2D eigenvalue weighted by Crippen LogP contribution is -2.34. The predicted molar refractivity (Wildman–Crippen MR) is 83.6 cm³/mol. The van der Waals surface area contributed by atoms with Crippen LogP contribution >= 0.6 is 0 Å². The normalized spacial score (nSPS) is 21.3. The first kappa shape index (κ1) is 18.5. The number of hydrogen-bond donors (Lipinski definition) is 2. The van der Waals surface area contributed by atoms with Crippen LogP contribution in [0.2, 0.25) is 0 Å². The van der Waals surface area contributed by atoms with Gasteiger partial charge in [-0.2, -0.15) is 13.2 Å². The average molecular weight is 345 g/mol. The Bertz CT molecular complexity index is 534. The quantitative estimate of drug-likeness (QED) is 0.798. The molecule has 1 aliphatic rings. The lowest BCUT2D eigenvalue weighted by atomic mass is 9.88. The first-order chi connectivity index (χ1) is 11.4. The summed E-state index contributed by atoms with van der Waals surface area (Å²) in [4.78, 5) is 15.2. The van der Waals surface area contributed by atoms with Crippen molar-refractivity contribution in [3.63, 3.8) is 0 Å². The van der Waals surface area contributed by atoms with E-state index in [-0.39, 0.29) is 11.9 Å². The van der Waals surface area contributed by atoms with E-state index in [1.54, 1.807) is 0 Å². The summed E-state index contributed by atoms with van der Waals surface area (Å²) in [5, 5.41) is 4.98. The van der Waals surface area contributed by atoms with Gasteiger partial charge in [0.2, 0.25) is 0 Å². The molecule has 8 heteroatoms. The molecular weight excluding hydrogens is 323 g/mol. The second-order valence-electron chi connectivity index (χ2n) is 5.98. The molecule has 0 spiro atoms. The Morgan fingerprint density at radius 3 is 2.71 bits per heavy atom. The number of carbonyl (C=O) groups excluding carboxylic acids is 1. The first-order valence-corrected chi connectivity index (χ1v) is 8.06. The highest BCUT2D eigenvalue weighted by molar-refractivity contribution is 5.88. The second kappa shape index (κ2) is 8.32. The number of hydrogen-bond acceptors (Lipinski definition) is 3. The largest absolute Gasteiger partial charge is 0.417 e. The number of ether oxygens (including phenoxy) is 1. The Kier molecular flexibility index (Phi) is 6.42. The van der Waals surface area contributed by atoms with Crippen molar-refractivity contribution in [2.45, 2.75) is 44.9 Å². The van der Waals surface area contributed by atoms with E-state index in [1.165, 1.54) is 12.8 Å². The SMILES string of the molecule is C[C@H]1CCCC[C@H]1OCCNC(=O)Nc1ccc(C(F)(F)F)cn1. The number of urea groups is 1. The monoisotopic (exact) mass is 345 g/mol. The van der Waals surface area contributed by atoms with Gasteiger partial charge in [-0.05, 0) is 30.9 Å². The summed E-state index contributed by atoms with van der Waals surface area (Å²) in [6.07, 6.45) is 1.09. The van der Waals surface area contributed by atoms with Crippen LogP contribution < -0.4 is 10.6 Å². The fourth-order valence-electron chi connectivity index (χ4n) is 2.70. The lowest BCUT2D eigenvalue weighted by Gasteiger charge is -2.28. The third-order valence-corrected chi connectivity index (χ3v) is 4.08. The van der Waals surface area contributed by atoms with Crippen LogP contribution in [0.5, 0.6) is 0 Å². The molecule has 1 heterocycles. The average Bonchev–Trinajstić information content (AvgIpc) is 2.53. The second-order valence-corrected chi connectivity index (χ2v) is 5.98. The third-order valence-electron chi connectivity index (χ3n) is 4.08. The fourth-order valence-corrected chi connectivity index (χ4v) is 2.70. The van der Waals surface area contributed by atoms with Gasteiger partial charge >= 0.3 is 12.2 Å². The van der Waals surface area contributed by atoms with Crippen LogP contribution in [0, 0.1) is 5.92 Å². The highest BCUT2D eigenvalue weighted by Gasteiger charge is 2.30. The minimum Gasteiger partial charge on any atom is -0.376 e. The van der Waals surface area contributed by atoms with Gasteiger partial charge in [-0.25, -0.2) is 9.78 Å². The molecule has 1 aromatic heterocycles. The van der Waals surface area contributed by atoms with E-state index in [1.807, 2.05) is 0 Å². The Hall–Kier alpha value is -1.83. The van der Waals surface area contributed by atoms with Gasteiger partial charge in [0.15, 0.2) is 0 Å². The van der Waals surface area contributed by atoms with Crippen LogP contribution in [0.3, 0.4) is 0 Å². The van der Waals surface area contributed by atoms with Crippen LogP contribution in [0.25, 0.3) is 0 Å². The van der Waals surface area contributed by atoms with E-state index in [2.05, 4.69) is 22.5 Å². The standard InChI is InChI=1S/C16H22F3N3O2/c1-11-4-2-3-5-13(11)24-9-8-20-15(23)22-14-7-6-12(10-21-14)16(17,18)19/h6-7,10-11,13H,2-5,8-9H2,1H3,(H2,20,21,22,23)/t11-,13+/m0/s1. The van der Waals surface area contributed by atoms with Crippen molar-refractivity contribution in [1.82, 2.24) is 10.3 Å². The van der Waals surface area contributed by atoms with Gasteiger partial charge in [0.25, 0.3) is 0 Å². The van der Waals surface area contributed by atoms with Crippen molar-refractivity contribution in [3.8, 4) is 0 Å². The maximum absolute atomic E-state index is 12.4. The van der Waals surface area contributed by atoms with E-state index in [0.29, 0.717) is 25.3 Å². The maximum Gasteiger partial charge on any atom is 0.417 e. The molecular formula is C16H22F3N3O2. The van der Waals surface area contributed by atoms with Gasteiger partial charge in [-0.3, -0.25) is 5.32 Å². The van der Waals surface area contributed by atoms with Gasteiger partial charge in [-0.15, -0.1) is 0 Å². The van der Waals surface area contributed by atoms with E-state index < -0.39 is 17.8 Å². The molecule has 0 aliphatic heterocycles. The van der Waals surface area contributed by atoms with E-state index in [9.17, 15) is 18.0 Å². The van der Waals surface area contributed by atoms with E-state index in [0.717, 1.165) is 25.0 Å². The molecule has 0 radical (unpaired) electrons. The minimum absolute atomic E-state index is 0.0577. The van der Waals surface area contributed by atoms with Gasteiger partial charge < -0.3 is 10.1 Å². The molecule has 2 amide bonds. The summed E-state index contributed by atoms with van der Waals surface area (Å²) in [6.45, 7) is 2.90. The van der Waals surface area contributed by atoms with Crippen molar-refractivity contribution in [1.29, 1.82) is 0 Å². The van der Waals surface area contributed by atoms with Crippen LogP contribution in [-0.4, -0.2) is 30.3 Å². The highest BCUT2D eigenvalue weighted by atomic mass is 19.4. The molecule has 2 atom stereocenters. The lowest BCUT2D eigenvalue weighted by molar-refractivity contribution is -0.137. The summed E-state index contributed by atoms with van der Waals surface area (Å²) in [5.74, 6) is 0.589. The number of nitrogens with one attached hydrogen (secondary N) is 2. The Labute approximate surface area is 139 Å². The highest BCUT2D eigenvalue weighted by Crippen LogP contribution is 2.29. The van der Waals surface area contributed by atoms with Crippen LogP contribution in [0.15, 0.2) is 18.3 Å². The first-order valence-electron chi connectivity index (χ1n) is 8.06. The number of anilines is 1. The van der Waals surface area contributed by atoms with Gasteiger partial charge in [0.05, 0.1) is 18.3 Å². The van der Waals surface area contributed by atoms with Gasteiger partial charge in [-0.1, -0.05) is 19.8 Å². The summed E-state index contributed by atoms with van der Waals surface area (Å²) in [6, 6.07) is 1.46. The molecule has 134 valence electrons. The van der Waals surface area contributed by atoms with Crippen LogP contribution in [0.1, 0.15) is 38.2 Å². The number of aromatic nitrogens is 1.